The smallest absolute Gasteiger partial charge is 0.410 e. The molecule has 0 saturated carbocycles. The second-order valence-electron chi connectivity index (χ2n) is 5.73. The zero-order chi connectivity index (χ0) is 15.3. The van der Waals surface area contributed by atoms with Crippen molar-refractivity contribution in [3.05, 3.63) is 0 Å². The van der Waals surface area contributed by atoms with Crippen molar-refractivity contribution < 1.29 is 28.9 Å². The highest BCUT2D eigenvalue weighted by Gasteiger charge is 2.31. The molecule has 1 amide bonds. The summed E-state index contributed by atoms with van der Waals surface area (Å²) in [7, 11) is 1.55. The largest absolute Gasteiger partial charge is 0.479 e. The lowest BCUT2D eigenvalue weighted by Gasteiger charge is -2.33. The number of ether oxygens (including phenoxy) is 3. The molecule has 7 heteroatoms. The molecule has 0 bridgehead atoms. The number of methoxy groups -OCH3 is 1. The number of amides is 1. The van der Waals surface area contributed by atoms with Crippen molar-refractivity contribution in [3.8, 4) is 0 Å². The molecule has 0 aromatic rings. The standard InChI is InChI=1S/C13H23NO6/c1-13(2,3)20-12(17)14-7-9(18-4)5-6-19-10(8-14)11(15)16/h9-10H,5-8H2,1-4H3,(H,15,16)/t9-,10-/m0/s1. The second kappa shape index (κ2) is 6.90. The molecular weight excluding hydrogens is 266 g/mol. The fourth-order valence-electron chi connectivity index (χ4n) is 1.82. The van der Waals surface area contributed by atoms with Crippen LogP contribution in [0.1, 0.15) is 27.2 Å². The summed E-state index contributed by atoms with van der Waals surface area (Å²) in [5.74, 6) is -1.09. The number of carboxylic acids is 1. The first-order valence-corrected chi connectivity index (χ1v) is 6.58. The van der Waals surface area contributed by atoms with Gasteiger partial charge in [0.05, 0.1) is 25.8 Å². The minimum absolute atomic E-state index is 0.0515. The Morgan fingerprint density at radius 1 is 1.30 bits per heavy atom. The number of carbonyl (C=O) groups excluding carboxylic acids is 1. The minimum Gasteiger partial charge on any atom is -0.479 e. The van der Waals surface area contributed by atoms with Gasteiger partial charge >= 0.3 is 12.1 Å². The number of hydrogen-bond acceptors (Lipinski definition) is 5. The molecule has 0 radical (unpaired) electrons. The van der Waals surface area contributed by atoms with E-state index in [1.54, 1.807) is 27.9 Å². The number of carbonyl (C=O) groups is 2. The molecule has 1 aliphatic heterocycles. The number of carboxylic acid groups (broad SMARTS) is 1. The monoisotopic (exact) mass is 289 g/mol. The summed E-state index contributed by atoms with van der Waals surface area (Å²) in [6.45, 7) is 5.80. The summed E-state index contributed by atoms with van der Waals surface area (Å²) in [5.41, 5.74) is -0.637. The van der Waals surface area contributed by atoms with Gasteiger partial charge in [0.15, 0.2) is 6.10 Å². The molecule has 1 saturated heterocycles. The van der Waals surface area contributed by atoms with Crippen LogP contribution in [0.25, 0.3) is 0 Å². The molecule has 0 spiro atoms. The molecule has 1 fully saturated rings. The van der Waals surface area contributed by atoms with Gasteiger partial charge < -0.3 is 24.2 Å². The molecule has 1 rings (SSSR count). The van der Waals surface area contributed by atoms with E-state index in [4.69, 9.17) is 19.3 Å². The number of nitrogens with zero attached hydrogens (tertiary/aromatic N) is 1. The zero-order valence-corrected chi connectivity index (χ0v) is 12.4. The summed E-state index contributed by atoms with van der Waals surface area (Å²) in [6.07, 6.45) is -1.27. The fourth-order valence-corrected chi connectivity index (χ4v) is 1.82. The van der Waals surface area contributed by atoms with Crippen molar-refractivity contribution in [2.45, 2.75) is 45.0 Å². The quantitative estimate of drug-likeness (QED) is 0.819. The molecular formula is C13H23NO6. The van der Waals surface area contributed by atoms with Crippen molar-refractivity contribution in [2.24, 2.45) is 0 Å². The van der Waals surface area contributed by atoms with E-state index < -0.39 is 23.8 Å². The van der Waals surface area contributed by atoms with E-state index in [0.717, 1.165) is 0 Å². The maximum Gasteiger partial charge on any atom is 0.410 e. The van der Waals surface area contributed by atoms with Crippen LogP contribution in [0, 0.1) is 0 Å². The van der Waals surface area contributed by atoms with E-state index in [1.807, 2.05) is 0 Å². The van der Waals surface area contributed by atoms with Crippen molar-refractivity contribution in [1.82, 2.24) is 4.90 Å². The molecule has 0 aromatic carbocycles. The fraction of sp³-hybridized carbons (Fsp3) is 0.846. The Bertz CT molecular complexity index is 351. The van der Waals surface area contributed by atoms with E-state index >= 15 is 0 Å². The van der Waals surface area contributed by atoms with Crippen LogP contribution >= 0.6 is 0 Å². The average molecular weight is 289 g/mol. The van der Waals surface area contributed by atoms with Crippen LogP contribution in [-0.2, 0) is 19.0 Å². The number of hydrogen-bond donors (Lipinski definition) is 1. The summed E-state index contributed by atoms with van der Waals surface area (Å²) in [6, 6.07) is 0. The van der Waals surface area contributed by atoms with Crippen molar-refractivity contribution in [2.75, 3.05) is 26.8 Å². The molecule has 0 aromatic heterocycles. The van der Waals surface area contributed by atoms with Gasteiger partial charge in [-0.15, -0.1) is 0 Å². The Kier molecular flexibility index (Phi) is 5.76. The average Bonchev–Trinajstić information content (AvgIpc) is 2.25. The van der Waals surface area contributed by atoms with E-state index in [2.05, 4.69) is 0 Å². The van der Waals surface area contributed by atoms with Crippen LogP contribution < -0.4 is 0 Å². The maximum absolute atomic E-state index is 12.1. The molecule has 0 unspecified atom stereocenters. The molecule has 1 heterocycles. The first-order valence-electron chi connectivity index (χ1n) is 6.58. The van der Waals surface area contributed by atoms with Crippen molar-refractivity contribution in [1.29, 1.82) is 0 Å². The number of aliphatic carboxylic acids is 1. The van der Waals surface area contributed by atoms with Crippen LogP contribution in [0.4, 0.5) is 4.79 Å². The Morgan fingerprint density at radius 2 is 1.95 bits per heavy atom. The third kappa shape index (κ3) is 5.34. The normalized spacial score (nSPS) is 24.7. The molecule has 1 aliphatic rings. The molecule has 116 valence electrons. The van der Waals surface area contributed by atoms with E-state index in [1.165, 1.54) is 4.90 Å². The van der Waals surface area contributed by atoms with Gasteiger partial charge in [-0.25, -0.2) is 9.59 Å². The van der Waals surface area contributed by atoms with Crippen LogP contribution in [0.2, 0.25) is 0 Å². The van der Waals surface area contributed by atoms with Crippen LogP contribution in [0.3, 0.4) is 0 Å². The second-order valence-corrected chi connectivity index (χ2v) is 5.73. The number of rotatable bonds is 2. The van der Waals surface area contributed by atoms with Gasteiger partial charge in [-0.05, 0) is 27.2 Å². The van der Waals surface area contributed by atoms with Crippen LogP contribution in [-0.4, -0.2) is 66.7 Å². The van der Waals surface area contributed by atoms with Gasteiger partial charge in [-0.2, -0.15) is 0 Å². The molecule has 1 N–H and O–H groups in total. The summed E-state index contributed by atoms with van der Waals surface area (Å²) >= 11 is 0. The Labute approximate surface area is 118 Å². The minimum atomic E-state index is -1.09. The molecule has 0 aliphatic carbocycles. The van der Waals surface area contributed by atoms with Gasteiger partial charge in [-0.3, -0.25) is 0 Å². The van der Waals surface area contributed by atoms with E-state index in [0.29, 0.717) is 13.0 Å². The highest BCUT2D eigenvalue weighted by molar-refractivity contribution is 5.74. The molecule has 7 nitrogen and oxygen atoms in total. The lowest BCUT2D eigenvalue weighted by Crippen LogP contribution is -2.49. The topological polar surface area (TPSA) is 85.3 Å². The maximum atomic E-state index is 12.1. The lowest BCUT2D eigenvalue weighted by atomic mass is 10.2. The highest BCUT2D eigenvalue weighted by Crippen LogP contribution is 2.15. The third-order valence-corrected chi connectivity index (χ3v) is 2.83. The summed E-state index contributed by atoms with van der Waals surface area (Å²) < 4.78 is 15.8. The SMILES string of the molecule is CO[C@H]1CCO[C@H](C(=O)O)CN(C(=O)OC(C)(C)C)C1. The Balaban J connectivity index is 2.79. The van der Waals surface area contributed by atoms with E-state index in [-0.39, 0.29) is 19.3 Å². The Hall–Kier alpha value is -1.34. The van der Waals surface area contributed by atoms with Crippen LogP contribution in [0.5, 0.6) is 0 Å². The molecule has 20 heavy (non-hydrogen) atoms. The van der Waals surface area contributed by atoms with Gasteiger partial charge in [0, 0.05) is 7.11 Å². The lowest BCUT2D eigenvalue weighted by molar-refractivity contribution is -0.153. The van der Waals surface area contributed by atoms with Crippen molar-refractivity contribution >= 4 is 12.1 Å². The van der Waals surface area contributed by atoms with Crippen molar-refractivity contribution in [3.63, 3.8) is 0 Å². The van der Waals surface area contributed by atoms with Gasteiger partial charge in [0.25, 0.3) is 0 Å². The first-order chi connectivity index (χ1) is 9.23. The van der Waals surface area contributed by atoms with Gasteiger partial charge in [0.2, 0.25) is 0 Å². The van der Waals surface area contributed by atoms with Gasteiger partial charge in [0.1, 0.15) is 5.60 Å². The third-order valence-electron chi connectivity index (χ3n) is 2.83. The summed E-state index contributed by atoms with van der Waals surface area (Å²) in [5, 5.41) is 9.08. The van der Waals surface area contributed by atoms with Crippen LogP contribution in [0.15, 0.2) is 0 Å². The Morgan fingerprint density at radius 3 is 2.45 bits per heavy atom. The van der Waals surface area contributed by atoms with E-state index in [9.17, 15) is 9.59 Å². The predicted molar refractivity (Wildman–Crippen MR) is 70.6 cm³/mol. The first kappa shape index (κ1) is 16.7. The zero-order valence-electron chi connectivity index (χ0n) is 12.4. The summed E-state index contributed by atoms with van der Waals surface area (Å²) in [4.78, 5) is 24.5. The molecule has 2 atom stereocenters. The predicted octanol–water partition coefficient (Wildman–Crippen LogP) is 1.11. The van der Waals surface area contributed by atoms with Gasteiger partial charge in [-0.1, -0.05) is 0 Å². The highest BCUT2D eigenvalue weighted by atomic mass is 16.6.